The molecule has 5 heteroatoms. The number of thiazole rings is 1. The number of nitrogens with zero attached hydrogens (tertiary/aromatic N) is 3. The Hall–Kier alpha value is -1.33. The van der Waals surface area contributed by atoms with E-state index in [2.05, 4.69) is 22.9 Å². The molecule has 0 aliphatic carbocycles. The Kier molecular flexibility index (Phi) is 2.64. The van der Waals surface area contributed by atoms with E-state index in [1.165, 1.54) is 5.57 Å². The van der Waals surface area contributed by atoms with Crippen LogP contribution < -0.4 is 4.90 Å². The summed E-state index contributed by atoms with van der Waals surface area (Å²) >= 11 is 1.60. The van der Waals surface area contributed by atoms with Crippen molar-refractivity contribution in [1.29, 1.82) is 0 Å². The van der Waals surface area contributed by atoms with E-state index < -0.39 is 0 Å². The van der Waals surface area contributed by atoms with Crippen LogP contribution in [0.5, 0.6) is 0 Å². The van der Waals surface area contributed by atoms with Crippen molar-refractivity contribution in [1.82, 2.24) is 9.38 Å². The summed E-state index contributed by atoms with van der Waals surface area (Å²) in [6.45, 7) is 4.07. The van der Waals surface area contributed by atoms with Crippen LogP contribution in [0.15, 0.2) is 23.2 Å². The molecule has 1 aliphatic heterocycles. The molecule has 0 bridgehead atoms. The van der Waals surface area contributed by atoms with Crippen LogP contribution in [-0.4, -0.2) is 27.6 Å². The summed E-state index contributed by atoms with van der Waals surface area (Å²) in [7, 11) is 0. The topological polar surface area (TPSA) is 40.8 Å². The van der Waals surface area contributed by atoms with E-state index in [9.17, 15) is 5.11 Å². The van der Waals surface area contributed by atoms with Gasteiger partial charge in [0, 0.05) is 24.7 Å². The van der Waals surface area contributed by atoms with Gasteiger partial charge in [0.25, 0.3) is 0 Å². The highest BCUT2D eigenvalue weighted by Crippen LogP contribution is 2.26. The van der Waals surface area contributed by atoms with Crippen LogP contribution >= 0.6 is 11.3 Å². The summed E-state index contributed by atoms with van der Waals surface area (Å²) in [5.41, 5.74) is 2.27. The molecule has 17 heavy (non-hydrogen) atoms. The third-order valence-corrected chi connectivity index (χ3v) is 3.88. The smallest absolute Gasteiger partial charge is 0.195 e. The Balaban J connectivity index is 2.04. The fraction of sp³-hybridized carbons (Fsp3) is 0.417. The first-order chi connectivity index (χ1) is 8.29. The third kappa shape index (κ3) is 1.75. The van der Waals surface area contributed by atoms with Crippen LogP contribution in [0.4, 0.5) is 5.82 Å². The van der Waals surface area contributed by atoms with Crippen LogP contribution in [0, 0.1) is 0 Å². The molecule has 0 radical (unpaired) electrons. The van der Waals surface area contributed by atoms with Gasteiger partial charge in [0.2, 0.25) is 0 Å². The van der Waals surface area contributed by atoms with Gasteiger partial charge in [-0.3, -0.25) is 4.40 Å². The zero-order valence-electron chi connectivity index (χ0n) is 9.76. The molecule has 0 saturated heterocycles. The lowest BCUT2D eigenvalue weighted by molar-refractivity contribution is 0.276. The zero-order chi connectivity index (χ0) is 11.8. The minimum absolute atomic E-state index is 0.0342. The lowest BCUT2D eigenvalue weighted by atomic mass is 10.1. The van der Waals surface area contributed by atoms with Crippen molar-refractivity contribution in [3.63, 3.8) is 0 Å². The molecular formula is C12H15N3OS. The van der Waals surface area contributed by atoms with Crippen molar-refractivity contribution in [2.24, 2.45) is 0 Å². The van der Waals surface area contributed by atoms with Gasteiger partial charge in [-0.05, 0) is 13.3 Å². The normalized spacial score (nSPS) is 16.6. The molecule has 90 valence electrons. The number of rotatable bonds is 2. The average Bonchev–Trinajstić information content (AvgIpc) is 2.88. The number of imidazole rings is 1. The van der Waals surface area contributed by atoms with Crippen molar-refractivity contribution in [3.8, 4) is 0 Å². The molecule has 1 aliphatic rings. The van der Waals surface area contributed by atoms with E-state index in [4.69, 9.17) is 0 Å². The van der Waals surface area contributed by atoms with Gasteiger partial charge in [0.15, 0.2) is 10.8 Å². The molecule has 0 saturated carbocycles. The first kappa shape index (κ1) is 10.8. The largest absolute Gasteiger partial charge is 0.390 e. The maximum Gasteiger partial charge on any atom is 0.195 e. The number of aliphatic hydroxyl groups excluding tert-OH is 1. The molecule has 2 aromatic heterocycles. The monoisotopic (exact) mass is 249 g/mol. The van der Waals surface area contributed by atoms with E-state index in [0.717, 1.165) is 36.0 Å². The van der Waals surface area contributed by atoms with Gasteiger partial charge in [0.1, 0.15) is 0 Å². The Morgan fingerprint density at radius 3 is 3.18 bits per heavy atom. The maximum absolute atomic E-state index is 9.52. The second-order valence-corrected chi connectivity index (χ2v) is 5.23. The summed E-state index contributed by atoms with van der Waals surface area (Å²) in [6, 6.07) is 0. The highest BCUT2D eigenvalue weighted by Gasteiger charge is 2.19. The average molecular weight is 249 g/mol. The Morgan fingerprint density at radius 1 is 1.53 bits per heavy atom. The maximum atomic E-state index is 9.52. The number of fused-ring (bicyclic) bond motifs is 1. The van der Waals surface area contributed by atoms with Crippen LogP contribution in [0.25, 0.3) is 4.96 Å². The van der Waals surface area contributed by atoms with E-state index >= 15 is 0 Å². The summed E-state index contributed by atoms with van der Waals surface area (Å²) < 4.78 is 1.98. The summed E-state index contributed by atoms with van der Waals surface area (Å²) in [4.78, 5) is 7.83. The predicted molar refractivity (Wildman–Crippen MR) is 69.6 cm³/mol. The standard InChI is InChI=1S/C12H15N3OS/c1-9-3-2-4-14(7-9)11-10(8-16)15-5-6-17-12(15)13-11/h3,5-6,16H,2,4,7-8H2,1H3. The van der Waals surface area contributed by atoms with Gasteiger partial charge in [-0.15, -0.1) is 11.3 Å². The van der Waals surface area contributed by atoms with Gasteiger partial charge in [0.05, 0.1) is 12.3 Å². The summed E-state index contributed by atoms with van der Waals surface area (Å²) in [5.74, 6) is 0.937. The van der Waals surface area contributed by atoms with Crippen molar-refractivity contribution in [3.05, 3.63) is 28.9 Å². The first-order valence-electron chi connectivity index (χ1n) is 5.75. The van der Waals surface area contributed by atoms with Crippen molar-refractivity contribution in [2.45, 2.75) is 20.0 Å². The molecule has 0 fully saturated rings. The highest BCUT2D eigenvalue weighted by atomic mass is 32.1. The van der Waals surface area contributed by atoms with Gasteiger partial charge in [-0.1, -0.05) is 11.6 Å². The van der Waals surface area contributed by atoms with E-state index in [1.54, 1.807) is 11.3 Å². The van der Waals surface area contributed by atoms with Crippen molar-refractivity contribution >= 4 is 22.1 Å². The molecule has 0 aromatic carbocycles. The molecule has 1 N–H and O–H groups in total. The predicted octanol–water partition coefficient (Wildman–Crippen LogP) is 2.04. The van der Waals surface area contributed by atoms with Crippen molar-refractivity contribution in [2.75, 3.05) is 18.0 Å². The number of hydrogen-bond acceptors (Lipinski definition) is 4. The number of hydrogen-bond donors (Lipinski definition) is 1. The molecule has 4 nitrogen and oxygen atoms in total. The van der Waals surface area contributed by atoms with Crippen LogP contribution in [-0.2, 0) is 6.61 Å². The number of anilines is 1. The van der Waals surface area contributed by atoms with E-state index in [0.29, 0.717) is 0 Å². The second kappa shape index (κ2) is 4.16. The second-order valence-electron chi connectivity index (χ2n) is 4.36. The third-order valence-electron chi connectivity index (χ3n) is 3.12. The van der Waals surface area contributed by atoms with Gasteiger partial charge < -0.3 is 10.0 Å². The number of aromatic nitrogens is 2. The van der Waals surface area contributed by atoms with Crippen LogP contribution in [0.1, 0.15) is 19.0 Å². The SMILES string of the molecule is CC1=CCCN(c2nc3sccn3c2CO)C1. The minimum atomic E-state index is 0.0342. The Morgan fingerprint density at radius 2 is 2.41 bits per heavy atom. The number of aliphatic hydroxyl groups is 1. The lowest BCUT2D eigenvalue weighted by Crippen LogP contribution is -2.30. The molecule has 0 atom stereocenters. The van der Waals surface area contributed by atoms with Crippen LogP contribution in [0.2, 0.25) is 0 Å². The van der Waals surface area contributed by atoms with Gasteiger partial charge in [-0.25, -0.2) is 4.98 Å². The molecule has 3 rings (SSSR count). The Bertz CT molecular complexity index is 569. The van der Waals surface area contributed by atoms with Gasteiger partial charge >= 0.3 is 0 Å². The molecule has 2 aromatic rings. The fourth-order valence-electron chi connectivity index (χ4n) is 2.31. The highest BCUT2D eigenvalue weighted by molar-refractivity contribution is 7.15. The minimum Gasteiger partial charge on any atom is -0.390 e. The molecule has 0 spiro atoms. The Labute approximate surface area is 104 Å². The zero-order valence-corrected chi connectivity index (χ0v) is 10.6. The van der Waals surface area contributed by atoms with Gasteiger partial charge in [-0.2, -0.15) is 0 Å². The lowest BCUT2D eigenvalue weighted by Gasteiger charge is -2.26. The van der Waals surface area contributed by atoms with E-state index in [1.807, 2.05) is 16.0 Å². The van der Waals surface area contributed by atoms with Crippen molar-refractivity contribution < 1.29 is 5.11 Å². The molecule has 3 heterocycles. The first-order valence-corrected chi connectivity index (χ1v) is 6.63. The van der Waals surface area contributed by atoms with E-state index in [-0.39, 0.29) is 6.61 Å². The fourth-order valence-corrected chi connectivity index (χ4v) is 3.04. The molecule has 0 unspecified atom stereocenters. The van der Waals surface area contributed by atoms with Crippen LogP contribution in [0.3, 0.4) is 0 Å². The quantitative estimate of drug-likeness (QED) is 0.828. The summed E-state index contributed by atoms with van der Waals surface area (Å²) in [5, 5.41) is 11.5. The molecular weight excluding hydrogens is 234 g/mol. The summed E-state index contributed by atoms with van der Waals surface area (Å²) in [6.07, 6.45) is 5.30. The molecule has 0 amide bonds.